The number of pyridine rings is 1. The molecule has 5 nitrogen and oxygen atoms in total. The number of nitrogens with one attached hydrogen (secondary N) is 1. The summed E-state index contributed by atoms with van der Waals surface area (Å²) in [4.78, 5) is 32.6. The van der Waals surface area contributed by atoms with Gasteiger partial charge >= 0.3 is 0 Å². The van der Waals surface area contributed by atoms with Crippen LogP contribution in [0.3, 0.4) is 0 Å². The topological polar surface area (TPSA) is 62.3 Å². The standard InChI is InChI=1S/C27H29N3O2/c1-18(2)20-8-12-22(13-9-20)29-26(32)27(24-7-5-6-16-28-24)17-25(31)30(27)23-14-10-21(11-15-23)19(3)4/h5-16,18-19H,17H2,1-4H3,(H,29,32). The van der Waals surface area contributed by atoms with Crippen LogP contribution in [0, 0.1) is 0 Å². The van der Waals surface area contributed by atoms with E-state index in [1.54, 1.807) is 11.1 Å². The number of hydrogen-bond acceptors (Lipinski definition) is 3. The van der Waals surface area contributed by atoms with Crippen molar-refractivity contribution in [1.82, 2.24) is 4.98 Å². The second-order valence-corrected chi connectivity index (χ2v) is 8.96. The van der Waals surface area contributed by atoms with Crippen LogP contribution in [0.5, 0.6) is 0 Å². The van der Waals surface area contributed by atoms with Crippen molar-refractivity contribution in [1.29, 1.82) is 0 Å². The van der Waals surface area contributed by atoms with Crippen molar-refractivity contribution in [2.24, 2.45) is 0 Å². The number of rotatable bonds is 6. The fourth-order valence-corrected chi connectivity index (χ4v) is 4.17. The third-order valence-corrected chi connectivity index (χ3v) is 6.16. The van der Waals surface area contributed by atoms with Crippen LogP contribution in [-0.2, 0) is 15.1 Å². The van der Waals surface area contributed by atoms with E-state index in [1.807, 2.05) is 66.7 Å². The molecule has 1 N–H and O–H groups in total. The Labute approximate surface area is 189 Å². The van der Waals surface area contributed by atoms with E-state index in [9.17, 15) is 9.59 Å². The number of aromatic nitrogens is 1. The van der Waals surface area contributed by atoms with Gasteiger partial charge in [0.1, 0.15) is 0 Å². The molecule has 2 aromatic carbocycles. The van der Waals surface area contributed by atoms with Crippen molar-refractivity contribution >= 4 is 23.2 Å². The Kier molecular flexibility index (Phi) is 5.83. The monoisotopic (exact) mass is 427 g/mol. The van der Waals surface area contributed by atoms with Gasteiger partial charge in [0.25, 0.3) is 5.91 Å². The van der Waals surface area contributed by atoms with Gasteiger partial charge in [0.05, 0.1) is 12.1 Å². The molecule has 0 spiro atoms. The van der Waals surface area contributed by atoms with Gasteiger partial charge in [0.15, 0.2) is 5.54 Å². The lowest BCUT2D eigenvalue weighted by Crippen LogP contribution is -2.67. The predicted molar refractivity (Wildman–Crippen MR) is 128 cm³/mol. The summed E-state index contributed by atoms with van der Waals surface area (Å²) in [7, 11) is 0. The summed E-state index contributed by atoms with van der Waals surface area (Å²) in [5.74, 6) is 0.432. The number of β-lactam (4-membered cyclic amide) rings is 1. The van der Waals surface area contributed by atoms with Gasteiger partial charge in [0, 0.05) is 17.6 Å². The Morgan fingerprint density at radius 2 is 1.50 bits per heavy atom. The molecule has 0 aliphatic carbocycles. The average Bonchev–Trinajstić information content (AvgIpc) is 2.78. The number of anilines is 2. The average molecular weight is 428 g/mol. The fraction of sp³-hybridized carbons (Fsp3) is 0.296. The largest absolute Gasteiger partial charge is 0.324 e. The number of carbonyl (C=O) groups is 2. The van der Waals surface area contributed by atoms with E-state index in [1.165, 1.54) is 11.1 Å². The summed E-state index contributed by atoms with van der Waals surface area (Å²) < 4.78 is 0. The van der Waals surface area contributed by atoms with E-state index in [2.05, 4.69) is 38.0 Å². The van der Waals surface area contributed by atoms with Crippen molar-refractivity contribution in [3.63, 3.8) is 0 Å². The summed E-state index contributed by atoms with van der Waals surface area (Å²) in [6.45, 7) is 8.51. The minimum atomic E-state index is -1.19. The molecule has 4 rings (SSSR count). The first-order valence-corrected chi connectivity index (χ1v) is 11.1. The van der Waals surface area contributed by atoms with Crippen LogP contribution >= 0.6 is 0 Å². The van der Waals surface area contributed by atoms with Crippen LogP contribution in [0.4, 0.5) is 11.4 Å². The molecule has 1 atom stereocenters. The highest BCUT2D eigenvalue weighted by atomic mass is 16.2. The van der Waals surface area contributed by atoms with Crippen LogP contribution in [0.25, 0.3) is 0 Å². The normalized spacial score (nSPS) is 18.1. The Balaban J connectivity index is 1.71. The van der Waals surface area contributed by atoms with Crippen LogP contribution in [0.15, 0.2) is 72.9 Å². The van der Waals surface area contributed by atoms with Crippen LogP contribution < -0.4 is 10.2 Å². The van der Waals surface area contributed by atoms with E-state index in [0.717, 1.165) is 0 Å². The minimum Gasteiger partial charge on any atom is -0.324 e. The first kappa shape index (κ1) is 21.8. The minimum absolute atomic E-state index is 0.0753. The van der Waals surface area contributed by atoms with Crippen molar-refractivity contribution in [3.05, 3.63) is 89.7 Å². The maximum absolute atomic E-state index is 13.7. The lowest BCUT2D eigenvalue weighted by atomic mass is 9.78. The van der Waals surface area contributed by atoms with Gasteiger partial charge in [-0.25, -0.2) is 0 Å². The molecule has 1 aliphatic heterocycles. The van der Waals surface area contributed by atoms with Crippen molar-refractivity contribution < 1.29 is 9.59 Å². The second kappa shape index (κ2) is 8.58. The third kappa shape index (κ3) is 3.79. The molecule has 2 heterocycles. The molecular weight excluding hydrogens is 398 g/mol. The zero-order valence-corrected chi connectivity index (χ0v) is 19.0. The predicted octanol–water partition coefficient (Wildman–Crippen LogP) is 5.60. The summed E-state index contributed by atoms with van der Waals surface area (Å²) in [6, 6.07) is 21.1. The van der Waals surface area contributed by atoms with Gasteiger partial charge in [-0.1, -0.05) is 58.0 Å². The number of carbonyl (C=O) groups excluding carboxylic acids is 2. The van der Waals surface area contributed by atoms with Crippen LogP contribution in [-0.4, -0.2) is 16.8 Å². The lowest BCUT2D eigenvalue weighted by Gasteiger charge is -2.49. The first-order chi connectivity index (χ1) is 15.3. The lowest BCUT2D eigenvalue weighted by molar-refractivity contribution is -0.137. The van der Waals surface area contributed by atoms with Crippen LogP contribution in [0.1, 0.15) is 62.8 Å². The molecule has 32 heavy (non-hydrogen) atoms. The molecule has 1 fully saturated rings. The SMILES string of the molecule is CC(C)c1ccc(NC(=O)C2(c3ccccn3)CC(=O)N2c2ccc(C(C)C)cc2)cc1. The molecule has 0 saturated carbocycles. The summed E-state index contributed by atoms with van der Waals surface area (Å²) in [5.41, 5.74) is 3.15. The molecular formula is C27H29N3O2. The van der Waals surface area contributed by atoms with Crippen molar-refractivity contribution in [2.45, 2.75) is 51.5 Å². The van der Waals surface area contributed by atoms with Gasteiger partial charge in [-0.3, -0.25) is 19.5 Å². The molecule has 164 valence electrons. The Bertz CT molecular complexity index is 1110. The molecule has 1 unspecified atom stereocenters. The summed E-state index contributed by atoms with van der Waals surface area (Å²) >= 11 is 0. The molecule has 1 aliphatic rings. The zero-order chi connectivity index (χ0) is 22.9. The molecule has 1 saturated heterocycles. The van der Waals surface area contributed by atoms with Gasteiger partial charge in [0.2, 0.25) is 5.91 Å². The van der Waals surface area contributed by atoms with E-state index < -0.39 is 5.54 Å². The number of benzene rings is 2. The molecule has 0 bridgehead atoms. The zero-order valence-electron chi connectivity index (χ0n) is 19.0. The summed E-state index contributed by atoms with van der Waals surface area (Å²) in [5, 5.41) is 3.03. The maximum Gasteiger partial charge on any atom is 0.257 e. The highest BCUT2D eigenvalue weighted by Gasteiger charge is 2.59. The van der Waals surface area contributed by atoms with E-state index >= 15 is 0 Å². The second-order valence-electron chi connectivity index (χ2n) is 8.96. The Hall–Kier alpha value is -3.47. The van der Waals surface area contributed by atoms with Gasteiger partial charge < -0.3 is 5.32 Å². The molecule has 1 aromatic heterocycles. The Morgan fingerprint density at radius 3 is 2.00 bits per heavy atom. The molecule has 0 radical (unpaired) electrons. The third-order valence-electron chi connectivity index (χ3n) is 6.16. The van der Waals surface area contributed by atoms with Gasteiger partial charge in [-0.15, -0.1) is 0 Å². The molecule has 3 aromatic rings. The van der Waals surface area contributed by atoms with Gasteiger partial charge in [-0.2, -0.15) is 0 Å². The van der Waals surface area contributed by atoms with E-state index in [-0.39, 0.29) is 18.2 Å². The van der Waals surface area contributed by atoms with Crippen LogP contribution in [0.2, 0.25) is 0 Å². The van der Waals surface area contributed by atoms with Gasteiger partial charge in [-0.05, 0) is 59.4 Å². The van der Waals surface area contributed by atoms with E-state index in [0.29, 0.717) is 28.9 Å². The number of nitrogens with zero attached hydrogens (tertiary/aromatic N) is 2. The van der Waals surface area contributed by atoms with Crippen molar-refractivity contribution in [2.75, 3.05) is 10.2 Å². The first-order valence-electron chi connectivity index (χ1n) is 11.1. The number of amides is 2. The van der Waals surface area contributed by atoms with Crippen molar-refractivity contribution in [3.8, 4) is 0 Å². The highest BCUT2D eigenvalue weighted by molar-refractivity contribution is 6.16. The smallest absolute Gasteiger partial charge is 0.257 e. The fourth-order valence-electron chi connectivity index (χ4n) is 4.17. The van der Waals surface area contributed by atoms with E-state index in [4.69, 9.17) is 0 Å². The molecule has 5 heteroatoms. The number of hydrogen-bond donors (Lipinski definition) is 1. The Morgan fingerprint density at radius 1 is 0.906 bits per heavy atom. The maximum atomic E-state index is 13.7. The quantitative estimate of drug-likeness (QED) is 0.521. The molecule has 2 amide bonds. The summed E-state index contributed by atoms with van der Waals surface area (Å²) in [6.07, 6.45) is 1.73. The highest BCUT2D eigenvalue weighted by Crippen LogP contribution is 2.45.